The zero-order chi connectivity index (χ0) is 16.8. The zero-order valence-corrected chi connectivity index (χ0v) is 13.6. The molecule has 118 valence electrons. The first-order chi connectivity index (χ1) is 12.3. The van der Waals surface area contributed by atoms with Crippen LogP contribution in [0.4, 0.5) is 0 Å². The second-order valence-corrected chi connectivity index (χ2v) is 6.43. The number of rotatable bonds is 1. The van der Waals surface area contributed by atoms with E-state index in [-0.39, 0.29) is 0 Å². The van der Waals surface area contributed by atoms with Gasteiger partial charge in [0.15, 0.2) is 0 Å². The van der Waals surface area contributed by atoms with E-state index in [9.17, 15) is 5.11 Å². The van der Waals surface area contributed by atoms with Gasteiger partial charge in [-0.3, -0.25) is 0 Å². The predicted octanol–water partition coefficient (Wildman–Crippen LogP) is 6.52. The van der Waals surface area contributed by atoms with Gasteiger partial charge in [-0.2, -0.15) is 0 Å². The van der Waals surface area contributed by atoms with Crippen LogP contribution in [0, 0.1) is 0 Å². The Bertz CT molecular complexity index is 1230. The van der Waals surface area contributed by atoms with Crippen molar-refractivity contribution < 1.29 is 5.11 Å². The Morgan fingerprint density at radius 3 is 1.84 bits per heavy atom. The molecular weight excluding hydrogens is 304 g/mol. The fraction of sp³-hybridized carbons (Fsp3) is 0. The van der Waals surface area contributed by atoms with Crippen LogP contribution in [0.5, 0.6) is 5.75 Å². The summed E-state index contributed by atoms with van der Waals surface area (Å²) in [6.45, 7) is 0. The molecule has 0 amide bonds. The highest BCUT2D eigenvalue weighted by atomic mass is 16.3. The first-order valence-electron chi connectivity index (χ1n) is 8.43. The van der Waals surface area contributed by atoms with Gasteiger partial charge in [-0.25, -0.2) is 0 Å². The van der Waals surface area contributed by atoms with Gasteiger partial charge >= 0.3 is 0 Å². The maximum atomic E-state index is 9.52. The molecule has 1 N–H and O–H groups in total. The predicted molar refractivity (Wildman–Crippen MR) is 106 cm³/mol. The minimum atomic E-state index is 0.293. The molecule has 0 saturated heterocycles. The number of hydrogen-bond donors (Lipinski definition) is 1. The average molecular weight is 320 g/mol. The van der Waals surface area contributed by atoms with E-state index in [1.807, 2.05) is 12.1 Å². The summed E-state index contributed by atoms with van der Waals surface area (Å²) < 4.78 is 0. The normalized spacial score (nSPS) is 11.4. The van der Waals surface area contributed by atoms with Crippen molar-refractivity contribution in [2.45, 2.75) is 0 Å². The van der Waals surface area contributed by atoms with Gasteiger partial charge in [-0.15, -0.1) is 0 Å². The van der Waals surface area contributed by atoms with Crippen LogP contribution in [0.25, 0.3) is 43.4 Å². The third-order valence-corrected chi connectivity index (χ3v) is 4.94. The fourth-order valence-corrected chi connectivity index (χ4v) is 3.65. The summed E-state index contributed by atoms with van der Waals surface area (Å²) in [5.74, 6) is 0.293. The molecule has 0 heterocycles. The van der Waals surface area contributed by atoms with Crippen LogP contribution in [-0.4, -0.2) is 5.11 Å². The second-order valence-electron chi connectivity index (χ2n) is 6.43. The first-order valence-corrected chi connectivity index (χ1v) is 8.43. The molecule has 0 aromatic heterocycles. The summed E-state index contributed by atoms with van der Waals surface area (Å²) in [4.78, 5) is 0. The van der Waals surface area contributed by atoms with Crippen molar-refractivity contribution in [3.63, 3.8) is 0 Å². The summed E-state index contributed by atoms with van der Waals surface area (Å²) in [6, 6.07) is 31.3. The van der Waals surface area contributed by atoms with Crippen LogP contribution in [0.2, 0.25) is 0 Å². The molecule has 0 radical (unpaired) electrons. The Morgan fingerprint density at radius 1 is 0.440 bits per heavy atom. The third-order valence-electron chi connectivity index (χ3n) is 4.94. The van der Waals surface area contributed by atoms with Crippen LogP contribution >= 0.6 is 0 Å². The molecule has 0 unspecified atom stereocenters. The molecule has 0 fully saturated rings. The topological polar surface area (TPSA) is 20.2 Å². The minimum Gasteiger partial charge on any atom is -0.508 e. The van der Waals surface area contributed by atoms with Gasteiger partial charge in [0.05, 0.1) is 0 Å². The maximum absolute atomic E-state index is 9.52. The van der Waals surface area contributed by atoms with E-state index in [4.69, 9.17) is 0 Å². The summed E-state index contributed by atoms with van der Waals surface area (Å²) in [7, 11) is 0. The number of hydrogen-bond acceptors (Lipinski definition) is 1. The lowest BCUT2D eigenvalue weighted by atomic mass is 9.94. The monoisotopic (exact) mass is 320 g/mol. The summed E-state index contributed by atoms with van der Waals surface area (Å²) in [5.41, 5.74) is 2.27. The molecule has 0 aliphatic heterocycles. The Balaban J connectivity index is 1.83. The Labute approximate surface area is 145 Å². The molecule has 0 aliphatic carbocycles. The first kappa shape index (κ1) is 14.1. The maximum Gasteiger partial charge on any atom is 0.115 e. The van der Waals surface area contributed by atoms with E-state index in [1.165, 1.54) is 32.3 Å². The number of fused-ring (bicyclic) bond motifs is 5. The van der Waals surface area contributed by atoms with Gasteiger partial charge in [-0.1, -0.05) is 72.8 Å². The van der Waals surface area contributed by atoms with Crippen LogP contribution in [-0.2, 0) is 0 Å². The van der Waals surface area contributed by atoms with Gasteiger partial charge in [0.1, 0.15) is 5.75 Å². The highest BCUT2D eigenvalue weighted by molar-refractivity contribution is 6.17. The standard InChI is InChI=1S/C24H16O/c25-20-11-7-16(8-12-20)19-6-5-18-10-13-22-21-4-2-1-3-17(21)9-14-23(22)24(18)15-19/h1-15,25H. The van der Waals surface area contributed by atoms with Crippen molar-refractivity contribution in [2.24, 2.45) is 0 Å². The van der Waals surface area contributed by atoms with Gasteiger partial charge in [0, 0.05) is 0 Å². The number of phenols is 1. The van der Waals surface area contributed by atoms with E-state index >= 15 is 0 Å². The van der Waals surface area contributed by atoms with Crippen LogP contribution in [0.15, 0.2) is 91.0 Å². The molecule has 25 heavy (non-hydrogen) atoms. The van der Waals surface area contributed by atoms with Crippen molar-refractivity contribution >= 4 is 32.3 Å². The van der Waals surface area contributed by atoms with Crippen LogP contribution in [0.1, 0.15) is 0 Å². The highest BCUT2D eigenvalue weighted by Gasteiger charge is 2.06. The van der Waals surface area contributed by atoms with E-state index in [0.29, 0.717) is 5.75 Å². The van der Waals surface area contributed by atoms with Crippen LogP contribution in [0.3, 0.4) is 0 Å². The quantitative estimate of drug-likeness (QED) is 0.349. The van der Waals surface area contributed by atoms with Crippen molar-refractivity contribution in [3.05, 3.63) is 91.0 Å². The SMILES string of the molecule is Oc1ccc(-c2ccc3ccc4c5ccccc5ccc4c3c2)cc1. The second kappa shape index (κ2) is 5.35. The van der Waals surface area contributed by atoms with Crippen molar-refractivity contribution in [1.82, 2.24) is 0 Å². The molecule has 5 rings (SSSR count). The Hall–Kier alpha value is -3.32. The van der Waals surface area contributed by atoms with E-state index < -0.39 is 0 Å². The molecule has 1 heteroatoms. The molecular formula is C24H16O. The van der Waals surface area contributed by atoms with E-state index in [1.54, 1.807) is 12.1 Å². The molecule has 5 aromatic carbocycles. The molecule has 0 atom stereocenters. The molecule has 5 aromatic rings. The molecule has 0 aliphatic rings. The van der Waals surface area contributed by atoms with Crippen molar-refractivity contribution in [2.75, 3.05) is 0 Å². The van der Waals surface area contributed by atoms with Crippen molar-refractivity contribution in [3.8, 4) is 16.9 Å². The van der Waals surface area contributed by atoms with Crippen molar-refractivity contribution in [1.29, 1.82) is 0 Å². The molecule has 1 nitrogen and oxygen atoms in total. The Kier molecular flexibility index (Phi) is 3.01. The van der Waals surface area contributed by atoms with E-state index in [2.05, 4.69) is 66.7 Å². The molecule has 0 saturated carbocycles. The molecule has 0 bridgehead atoms. The lowest BCUT2D eigenvalue weighted by Crippen LogP contribution is -1.83. The van der Waals surface area contributed by atoms with Gasteiger partial charge in [0.25, 0.3) is 0 Å². The average Bonchev–Trinajstić information content (AvgIpc) is 2.67. The lowest BCUT2D eigenvalue weighted by Gasteiger charge is -2.10. The third kappa shape index (κ3) is 2.25. The molecule has 0 spiro atoms. The number of phenolic OH excluding ortho intramolecular Hbond substituents is 1. The number of aromatic hydroxyl groups is 1. The summed E-state index contributed by atoms with van der Waals surface area (Å²) in [6.07, 6.45) is 0. The number of benzene rings is 5. The largest absolute Gasteiger partial charge is 0.508 e. The zero-order valence-electron chi connectivity index (χ0n) is 13.6. The van der Waals surface area contributed by atoms with E-state index in [0.717, 1.165) is 11.1 Å². The van der Waals surface area contributed by atoms with Gasteiger partial charge < -0.3 is 5.11 Å². The van der Waals surface area contributed by atoms with Crippen LogP contribution < -0.4 is 0 Å². The summed E-state index contributed by atoms with van der Waals surface area (Å²) >= 11 is 0. The lowest BCUT2D eigenvalue weighted by molar-refractivity contribution is 0.475. The minimum absolute atomic E-state index is 0.293. The fourth-order valence-electron chi connectivity index (χ4n) is 3.65. The highest BCUT2D eigenvalue weighted by Crippen LogP contribution is 2.33. The smallest absolute Gasteiger partial charge is 0.115 e. The Morgan fingerprint density at radius 2 is 1.04 bits per heavy atom. The summed E-state index contributed by atoms with van der Waals surface area (Å²) in [5, 5.41) is 17.1. The van der Waals surface area contributed by atoms with Gasteiger partial charge in [-0.05, 0) is 61.6 Å². The van der Waals surface area contributed by atoms with Gasteiger partial charge in [0.2, 0.25) is 0 Å².